The van der Waals surface area contributed by atoms with Crippen LogP contribution in [-0.2, 0) is 9.53 Å². The number of carbonyl (C=O) groups excluding carboxylic acids is 1. The van der Waals surface area contributed by atoms with Crippen molar-refractivity contribution >= 4 is 28.0 Å². The molecule has 21 heavy (non-hydrogen) atoms. The van der Waals surface area contributed by atoms with Crippen LogP contribution in [0.5, 0.6) is 0 Å². The number of hydrogen-bond donors (Lipinski definition) is 0. The van der Waals surface area contributed by atoms with E-state index in [1.807, 2.05) is 30.3 Å². The topological polar surface area (TPSA) is 63.2 Å². The van der Waals surface area contributed by atoms with E-state index in [1.165, 1.54) is 6.08 Å². The maximum atomic E-state index is 11.5. The summed E-state index contributed by atoms with van der Waals surface area (Å²) in [6, 6.07) is 12.9. The largest absolute Gasteiger partial charge is 0.462 e. The standard InChI is InChI=1S/C16H12BrNO3/c1-2-20-16(19)11(10-18)9-12-7-8-15(21-12)13-5-3-4-6-14(13)17/h3-9H,2H2,1H3. The van der Waals surface area contributed by atoms with Crippen LogP contribution in [0.25, 0.3) is 17.4 Å². The minimum absolute atomic E-state index is 0.0927. The lowest BCUT2D eigenvalue weighted by molar-refractivity contribution is -0.137. The van der Waals surface area contributed by atoms with Crippen molar-refractivity contribution in [2.75, 3.05) is 6.61 Å². The molecule has 0 saturated heterocycles. The Bertz CT molecular complexity index is 725. The monoisotopic (exact) mass is 345 g/mol. The van der Waals surface area contributed by atoms with Gasteiger partial charge in [0.05, 0.1) is 6.61 Å². The van der Waals surface area contributed by atoms with Crippen LogP contribution in [0.4, 0.5) is 0 Å². The van der Waals surface area contributed by atoms with Gasteiger partial charge in [-0.05, 0) is 25.1 Å². The smallest absolute Gasteiger partial charge is 0.349 e. The molecule has 0 saturated carbocycles. The number of benzene rings is 1. The fourth-order valence-electron chi connectivity index (χ4n) is 1.72. The zero-order valence-electron chi connectivity index (χ0n) is 11.3. The highest BCUT2D eigenvalue weighted by molar-refractivity contribution is 9.10. The summed E-state index contributed by atoms with van der Waals surface area (Å²) in [5.41, 5.74) is 0.802. The van der Waals surface area contributed by atoms with Crippen molar-refractivity contribution in [1.82, 2.24) is 0 Å². The second-order valence-corrected chi connectivity index (χ2v) is 4.93. The fraction of sp³-hybridized carbons (Fsp3) is 0.125. The van der Waals surface area contributed by atoms with E-state index in [1.54, 1.807) is 19.1 Å². The van der Waals surface area contributed by atoms with Gasteiger partial charge in [-0.25, -0.2) is 4.79 Å². The summed E-state index contributed by atoms with van der Waals surface area (Å²) in [6.45, 7) is 1.91. The first kappa shape index (κ1) is 15.1. The second-order valence-electron chi connectivity index (χ2n) is 4.07. The highest BCUT2D eigenvalue weighted by Crippen LogP contribution is 2.29. The molecule has 1 aromatic heterocycles. The highest BCUT2D eigenvalue weighted by atomic mass is 79.9. The summed E-state index contributed by atoms with van der Waals surface area (Å²) >= 11 is 3.45. The number of furan rings is 1. The van der Waals surface area contributed by atoms with E-state index < -0.39 is 5.97 Å². The molecule has 0 aliphatic carbocycles. The Morgan fingerprint density at radius 2 is 2.14 bits per heavy atom. The Hall–Kier alpha value is -2.32. The van der Waals surface area contributed by atoms with Crippen molar-refractivity contribution in [1.29, 1.82) is 5.26 Å². The van der Waals surface area contributed by atoms with Gasteiger partial charge in [0, 0.05) is 16.1 Å². The van der Waals surface area contributed by atoms with Crippen LogP contribution >= 0.6 is 15.9 Å². The van der Waals surface area contributed by atoms with Crippen molar-refractivity contribution in [3.63, 3.8) is 0 Å². The molecule has 4 nitrogen and oxygen atoms in total. The Kier molecular flexibility index (Phi) is 4.96. The van der Waals surface area contributed by atoms with Crippen LogP contribution in [0, 0.1) is 11.3 Å². The molecule has 2 rings (SSSR count). The van der Waals surface area contributed by atoms with Crippen LogP contribution in [-0.4, -0.2) is 12.6 Å². The van der Waals surface area contributed by atoms with E-state index in [0.717, 1.165) is 10.0 Å². The molecule has 0 spiro atoms. The average molecular weight is 346 g/mol. The molecule has 1 heterocycles. The molecule has 106 valence electrons. The number of ether oxygens (including phenoxy) is 1. The number of carbonyl (C=O) groups is 1. The zero-order chi connectivity index (χ0) is 15.2. The van der Waals surface area contributed by atoms with Crippen LogP contribution in [0.3, 0.4) is 0 Å². The van der Waals surface area contributed by atoms with Crippen molar-refractivity contribution in [2.24, 2.45) is 0 Å². The summed E-state index contributed by atoms with van der Waals surface area (Å²) in [6.07, 6.45) is 1.37. The third kappa shape index (κ3) is 3.61. The van der Waals surface area contributed by atoms with E-state index in [2.05, 4.69) is 15.9 Å². The molecule has 0 bridgehead atoms. The Morgan fingerprint density at radius 1 is 1.38 bits per heavy atom. The normalized spacial score (nSPS) is 11.0. The van der Waals surface area contributed by atoms with Crippen molar-refractivity contribution < 1.29 is 13.9 Å². The molecule has 0 fully saturated rings. The second kappa shape index (κ2) is 6.91. The minimum atomic E-state index is -0.654. The summed E-state index contributed by atoms with van der Waals surface area (Å²) in [4.78, 5) is 11.5. The van der Waals surface area contributed by atoms with Gasteiger partial charge in [0.25, 0.3) is 0 Å². The Morgan fingerprint density at radius 3 is 2.81 bits per heavy atom. The molecule has 1 aromatic carbocycles. The highest BCUT2D eigenvalue weighted by Gasteiger charge is 2.12. The molecule has 0 amide bonds. The lowest BCUT2D eigenvalue weighted by Gasteiger charge is -2.00. The van der Waals surface area contributed by atoms with Crippen LogP contribution in [0.2, 0.25) is 0 Å². The van der Waals surface area contributed by atoms with E-state index >= 15 is 0 Å². The molecule has 0 atom stereocenters. The predicted octanol–water partition coefficient (Wildman–Crippen LogP) is 4.18. The first-order valence-electron chi connectivity index (χ1n) is 6.29. The SMILES string of the molecule is CCOC(=O)C(C#N)=Cc1ccc(-c2ccccc2Br)o1. The third-order valence-electron chi connectivity index (χ3n) is 2.67. The van der Waals surface area contributed by atoms with Crippen molar-refractivity contribution in [3.8, 4) is 17.4 Å². The summed E-state index contributed by atoms with van der Waals surface area (Å²) in [5.74, 6) is 0.416. The minimum Gasteiger partial charge on any atom is -0.462 e. The number of hydrogen-bond acceptors (Lipinski definition) is 4. The molecule has 0 N–H and O–H groups in total. The molecule has 5 heteroatoms. The first-order valence-corrected chi connectivity index (χ1v) is 7.08. The first-order chi connectivity index (χ1) is 10.2. The molecule has 0 aliphatic rings. The van der Waals surface area contributed by atoms with Gasteiger partial charge in [0.15, 0.2) is 0 Å². The van der Waals surface area contributed by atoms with E-state index in [4.69, 9.17) is 14.4 Å². The summed E-state index contributed by atoms with van der Waals surface area (Å²) in [5, 5.41) is 8.98. The number of halogens is 1. The number of rotatable bonds is 4. The molecule has 0 radical (unpaired) electrons. The molecular formula is C16H12BrNO3. The van der Waals surface area contributed by atoms with E-state index in [9.17, 15) is 4.79 Å². The zero-order valence-corrected chi connectivity index (χ0v) is 12.9. The number of nitriles is 1. The predicted molar refractivity (Wildman–Crippen MR) is 82.1 cm³/mol. The van der Waals surface area contributed by atoms with E-state index in [0.29, 0.717) is 11.5 Å². The number of esters is 1. The quantitative estimate of drug-likeness (QED) is 0.473. The maximum absolute atomic E-state index is 11.5. The fourth-order valence-corrected chi connectivity index (χ4v) is 2.20. The van der Waals surface area contributed by atoms with Gasteiger partial charge in [-0.2, -0.15) is 5.26 Å². The lowest BCUT2D eigenvalue weighted by Crippen LogP contribution is -2.05. The third-order valence-corrected chi connectivity index (χ3v) is 3.36. The molecular weight excluding hydrogens is 334 g/mol. The Balaban J connectivity index is 2.30. The maximum Gasteiger partial charge on any atom is 0.349 e. The molecule has 0 aliphatic heterocycles. The lowest BCUT2D eigenvalue weighted by atomic mass is 10.2. The van der Waals surface area contributed by atoms with Crippen LogP contribution in [0.1, 0.15) is 12.7 Å². The van der Waals surface area contributed by atoms with Gasteiger partial charge in [0.1, 0.15) is 23.2 Å². The van der Waals surface area contributed by atoms with E-state index in [-0.39, 0.29) is 12.2 Å². The summed E-state index contributed by atoms with van der Waals surface area (Å²) < 4.78 is 11.3. The molecule has 2 aromatic rings. The van der Waals surface area contributed by atoms with Gasteiger partial charge < -0.3 is 9.15 Å². The Labute approximate surface area is 130 Å². The molecule has 0 unspecified atom stereocenters. The van der Waals surface area contributed by atoms with Crippen LogP contribution < -0.4 is 0 Å². The van der Waals surface area contributed by atoms with Gasteiger partial charge >= 0.3 is 5.97 Å². The van der Waals surface area contributed by atoms with Crippen molar-refractivity contribution in [2.45, 2.75) is 6.92 Å². The summed E-state index contributed by atoms with van der Waals surface area (Å²) in [7, 11) is 0. The van der Waals surface area contributed by atoms with Crippen LogP contribution in [0.15, 0.2) is 50.9 Å². The number of nitrogens with zero attached hydrogens (tertiary/aromatic N) is 1. The van der Waals surface area contributed by atoms with Gasteiger partial charge in [-0.15, -0.1) is 0 Å². The van der Waals surface area contributed by atoms with Crippen molar-refractivity contribution in [3.05, 3.63) is 52.2 Å². The average Bonchev–Trinajstić information content (AvgIpc) is 2.93. The van der Waals surface area contributed by atoms with Gasteiger partial charge in [0.2, 0.25) is 0 Å². The van der Waals surface area contributed by atoms with Gasteiger partial charge in [-0.3, -0.25) is 0 Å². The van der Waals surface area contributed by atoms with Gasteiger partial charge in [-0.1, -0.05) is 34.1 Å².